The van der Waals surface area contributed by atoms with Gasteiger partial charge >= 0.3 is 5.97 Å². The number of aromatic nitrogens is 3. The maximum absolute atomic E-state index is 11.5. The summed E-state index contributed by atoms with van der Waals surface area (Å²) in [6.45, 7) is 0. The van der Waals surface area contributed by atoms with Crippen LogP contribution in [0.1, 0.15) is 52.2 Å². The monoisotopic (exact) mass is 452 g/mol. The SMILES string of the molecule is CN(c1ccc(-n2cccn2)cc1)c1ccc2c(c1)CCC[C@H]2CCc1cnccc1C(=O)O. The highest BCUT2D eigenvalue weighted by Gasteiger charge is 2.22. The minimum absolute atomic E-state index is 0.363. The number of carboxylic acids is 1. The van der Waals surface area contributed by atoms with Crippen LogP contribution in [0.25, 0.3) is 5.69 Å². The smallest absolute Gasteiger partial charge is 0.336 e. The Morgan fingerprint density at radius 2 is 1.94 bits per heavy atom. The lowest BCUT2D eigenvalue weighted by molar-refractivity contribution is 0.0695. The van der Waals surface area contributed by atoms with Crippen LogP contribution in [-0.4, -0.2) is 32.9 Å². The fraction of sp³-hybridized carbons (Fsp3) is 0.250. The molecule has 34 heavy (non-hydrogen) atoms. The molecule has 0 amide bonds. The highest BCUT2D eigenvalue weighted by Crippen LogP contribution is 2.37. The van der Waals surface area contributed by atoms with Gasteiger partial charge in [-0.1, -0.05) is 6.07 Å². The second kappa shape index (κ2) is 9.51. The van der Waals surface area contributed by atoms with E-state index in [1.807, 2.05) is 16.9 Å². The Morgan fingerprint density at radius 3 is 2.71 bits per heavy atom. The molecule has 172 valence electrons. The van der Waals surface area contributed by atoms with Crippen LogP contribution in [0.3, 0.4) is 0 Å². The first-order chi connectivity index (χ1) is 16.6. The molecule has 6 nitrogen and oxygen atoms in total. The van der Waals surface area contributed by atoms with Crippen LogP contribution in [-0.2, 0) is 12.8 Å². The van der Waals surface area contributed by atoms with E-state index in [9.17, 15) is 9.90 Å². The lowest BCUT2D eigenvalue weighted by Crippen LogP contribution is -2.14. The van der Waals surface area contributed by atoms with Crippen LogP contribution in [0.4, 0.5) is 11.4 Å². The summed E-state index contributed by atoms with van der Waals surface area (Å²) in [5, 5.41) is 13.8. The number of hydrogen-bond donors (Lipinski definition) is 1. The number of aryl methyl sites for hydroxylation is 2. The van der Waals surface area contributed by atoms with Gasteiger partial charge in [0, 0.05) is 43.2 Å². The number of fused-ring (bicyclic) bond motifs is 1. The summed E-state index contributed by atoms with van der Waals surface area (Å²) in [6, 6.07) is 18.7. The molecule has 2 aromatic heterocycles. The van der Waals surface area contributed by atoms with Gasteiger partial charge in [0.15, 0.2) is 0 Å². The normalized spacial score (nSPS) is 15.0. The van der Waals surface area contributed by atoms with Gasteiger partial charge in [-0.05, 0) is 103 Å². The van der Waals surface area contributed by atoms with Gasteiger partial charge in [0.25, 0.3) is 0 Å². The van der Waals surface area contributed by atoms with Crippen molar-refractivity contribution in [3.05, 3.63) is 102 Å². The van der Waals surface area contributed by atoms with Gasteiger partial charge in [-0.15, -0.1) is 0 Å². The van der Waals surface area contributed by atoms with E-state index >= 15 is 0 Å². The molecule has 0 bridgehead atoms. The number of carboxylic acid groups (broad SMARTS) is 1. The summed E-state index contributed by atoms with van der Waals surface area (Å²) >= 11 is 0. The molecule has 6 heteroatoms. The summed E-state index contributed by atoms with van der Waals surface area (Å²) in [5.41, 5.74) is 7.32. The molecule has 0 aliphatic heterocycles. The van der Waals surface area contributed by atoms with Crippen LogP contribution in [0.15, 0.2) is 79.4 Å². The second-order valence-corrected chi connectivity index (χ2v) is 8.87. The fourth-order valence-corrected chi connectivity index (χ4v) is 4.97. The van der Waals surface area contributed by atoms with Crippen LogP contribution in [0.2, 0.25) is 0 Å². The van der Waals surface area contributed by atoms with Gasteiger partial charge in [-0.3, -0.25) is 4.98 Å². The summed E-state index contributed by atoms with van der Waals surface area (Å²) in [6.07, 6.45) is 12.0. The molecule has 2 heterocycles. The molecule has 1 aliphatic rings. The zero-order valence-electron chi connectivity index (χ0n) is 19.3. The number of benzene rings is 2. The van der Waals surface area contributed by atoms with E-state index in [1.165, 1.54) is 16.8 Å². The van der Waals surface area contributed by atoms with E-state index in [2.05, 4.69) is 64.5 Å². The third-order valence-electron chi connectivity index (χ3n) is 6.85. The van der Waals surface area contributed by atoms with Crippen molar-refractivity contribution in [2.45, 2.75) is 38.0 Å². The van der Waals surface area contributed by atoms with Crippen LogP contribution in [0, 0.1) is 0 Å². The highest BCUT2D eigenvalue weighted by atomic mass is 16.4. The Labute approximate surface area is 199 Å². The van der Waals surface area contributed by atoms with E-state index in [4.69, 9.17) is 0 Å². The van der Waals surface area contributed by atoms with Gasteiger partial charge in [0.1, 0.15) is 0 Å². The minimum Gasteiger partial charge on any atom is -0.478 e. The zero-order valence-corrected chi connectivity index (χ0v) is 19.3. The van der Waals surface area contributed by atoms with Crippen molar-refractivity contribution in [1.29, 1.82) is 0 Å². The molecular weight excluding hydrogens is 424 g/mol. The number of hydrogen-bond acceptors (Lipinski definition) is 4. The third-order valence-corrected chi connectivity index (χ3v) is 6.85. The average molecular weight is 453 g/mol. The Morgan fingerprint density at radius 1 is 1.12 bits per heavy atom. The Kier molecular flexibility index (Phi) is 6.12. The molecule has 0 fully saturated rings. The molecule has 0 unspecified atom stereocenters. The lowest BCUT2D eigenvalue weighted by atomic mass is 9.79. The van der Waals surface area contributed by atoms with Gasteiger partial charge < -0.3 is 10.0 Å². The molecule has 1 atom stereocenters. The van der Waals surface area contributed by atoms with Crippen molar-refractivity contribution < 1.29 is 9.90 Å². The number of pyridine rings is 1. The van der Waals surface area contributed by atoms with Gasteiger partial charge in [-0.25, -0.2) is 9.48 Å². The lowest BCUT2D eigenvalue weighted by Gasteiger charge is -2.28. The number of anilines is 2. The predicted molar refractivity (Wildman–Crippen MR) is 133 cm³/mol. The van der Waals surface area contributed by atoms with Gasteiger partial charge in [-0.2, -0.15) is 5.10 Å². The van der Waals surface area contributed by atoms with Crippen molar-refractivity contribution in [2.24, 2.45) is 0 Å². The molecule has 1 N–H and O–H groups in total. The molecule has 4 aromatic rings. The standard InChI is InChI=1S/C28H28N4O2/c1-31(23-8-10-24(11-9-23)32-17-3-15-30-32)25-12-13-26-20(4-2-5-21(26)18-25)6-7-22-19-29-16-14-27(22)28(33)34/h3,8-20H,2,4-7H2,1H3,(H,33,34)/t20-/m0/s1. The zero-order chi connectivity index (χ0) is 23.5. The average Bonchev–Trinajstić information content (AvgIpc) is 3.42. The molecule has 1 aliphatic carbocycles. The molecule has 2 aromatic carbocycles. The maximum Gasteiger partial charge on any atom is 0.336 e. The molecule has 5 rings (SSSR count). The summed E-state index contributed by atoms with van der Waals surface area (Å²) < 4.78 is 1.85. The van der Waals surface area contributed by atoms with Crippen molar-refractivity contribution in [3.63, 3.8) is 0 Å². The van der Waals surface area contributed by atoms with Crippen molar-refractivity contribution >= 4 is 17.3 Å². The van der Waals surface area contributed by atoms with Gasteiger partial charge in [0.2, 0.25) is 0 Å². The van der Waals surface area contributed by atoms with Crippen LogP contribution in [0.5, 0.6) is 0 Å². The van der Waals surface area contributed by atoms with E-state index < -0.39 is 5.97 Å². The van der Waals surface area contributed by atoms with Crippen molar-refractivity contribution in [3.8, 4) is 5.69 Å². The topological polar surface area (TPSA) is 71.2 Å². The Balaban J connectivity index is 1.32. The Hall–Kier alpha value is -3.93. The van der Waals surface area contributed by atoms with Crippen LogP contribution >= 0.6 is 0 Å². The number of aromatic carboxylic acids is 1. The fourth-order valence-electron chi connectivity index (χ4n) is 4.97. The van der Waals surface area contributed by atoms with Crippen molar-refractivity contribution in [1.82, 2.24) is 14.8 Å². The van der Waals surface area contributed by atoms with Gasteiger partial charge in [0.05, 0.1) is 11.3 Å². The van der Waals surface area contributed by atoms with Crippen molar-refractivity contribution in [2.75, 3.05) is 11.9 Å². The van der Waals surface area contributed by atoms with Crippen LogP contribution < -0.4 is 4.90 Å². The minimum atomic E-state index is -0.883. The summed E-state index contributed by atoms with van der Waals surface area (Å²) in [7, 11) is 2.10. The van der Waals surface area contributed by atoms with E-state index in [-0.39, 0.29) is 0 Å². The largest absolute Gasteiger partial charge is 0.478 e. The van der Waals surface area contributed by atoms with E-state index in [0.717, 1.165) is 49.0 Å². The van der Waals surface area contributed by atoms with E-state index in [1.54, 1.807) is 24.7 Å². The first-order valence-corrected chi connectivity index (χ1v) is 11.7. The maximum atomic E-state index is 11.5. The Bertz CT molecular complexity index is 1280. The third kappa shape index (κ3) is 4.44. The summed E-state index contributed by atoms with van der Waals surface area (Å²) in [5.74, 6) is -0.440. The number of carbonyl (C=O) groups is 1. The van der Waals surface area contributed by atoms with E-state index in [0.29, 0.717) is 11.5 Å². The molecule has 0 spiro atoms. The summed E-state index contributed by atoms with van der Waals surface area (Å²) in [4.78, 5) is 17.9. The molecule has 0 saturated carbocycles. The molecule has 0 radical (unpaired) electrons. The molecular formula is C28H28N4O2. The first-order valence-electron chi connectivity index (χ1n) is 11.7. The molecule has 0 saturated heterocycles. The highest BCUT2D eigenvalue weighted by molar-refractivity contribution is 5.89. The quantitative estimate of drug-likeness (QED) is 0.384. The second-order valence-electron chi connectivity index (χ2n) is 8.87. The first kappa shape index (κ1) is 21.9. The number of rotatable bonds is 7. The predicted octanol–water partition coefficient (Wildman–Crippen LogP) is 5.79. The number of nitrogens with zero attached hydrogens (tertiary/aromatic N) is 4.